The van der Waals surface area contributed by atoms with E-state index in [0.29, 0.717) is 0 Å². The predicted molar refractivity (Wildman–Crippen MR) is 236 cm³/mol. The van der Waals surface area contributed by atoms with Crippen molar-refractivity contribution >= 4 is 62.0 Å². The van der Waals surface area contributed by atoms with Gasteiger partial charge in [-0.05, 0) is 74.9 Å². The Balaban J connectivity index is 1.27. The zero-order chi connectivity index (χ0) is 37.5. The standard InChI is InChI=1S/C52H39BN2O/c1-52(2,3)36-29-30-45-41(31-36)40-21-10-13-26-44(40)54(45)37-32-47-50-49(33-37)56-48-28-15-12-25-43(48)53(50)42-24-11-14-27-46(42)55(47)51-38(34-17-6-4-7-18-34)22-16-23-39(51)35-19-8-5-9-20-35/h4-33H,1-3H3. The van der Waals surface area contributed by atoms with Gasteiger partial charge in [-0.15, -0.1) is 0 Å². The van der Waals surface area contributed by atoms with Crippen LogP contribution in [0.2, 0.25) is 0 Å². The first kappa shape index (κ1) is 32.6. The molecule has 0 unspecified atom stereocenters. The van der Waals surface area contributed by atoms with Crippen molar-refractivity contribution in [2.24, 2.45) is 0 Å². The molecule has 0 N–H and O–H groups in total. The number of aromatic nitrogens is 1. The van der Waals surface area contributed by atoms with Crippen molar-refractivity contribution in [3.63, 3.8) is 0 Å². The van der Waals surface area contributed by atoms with Crippen molar-refractivity contribution in [2.75, 3.05) is 4.90 Å². The largest absolute Gasteiger partial charge is 0.458 e. The maximum absolute atomic E-state index is 7.04. The van der Waals surface area contributed by atoms with Crippen LogP contribution >= 0.6 is 0 Å². The zero-order valence-electron chi connectivity index (χ0n) is 31.7. The second-order valence-corrected chi connectivity index (χ2v) is 16.1. The SMILES string of the molecule is CC(C)(C)c1ccc2c(c1)c1ccccc1n2-c1cc2c3c(c1)N(c1c(-c4ccccc4)cccc1-c1ccccc1)c1ccccc1B3c1ccccc1O2. The van der Waals surface area contributed by atoms with E-state index in [1.54, 1.807) is 0 Å². The lowest BCUT2D eigenvalue weighted by molar-refractivity contribution is 0.487. The smallest absolute Gasteiger partial charge is 0.256 e. The molecule has 0 fully saturated rings. The molecule has 11 rings (SSSR count). The number of benzene rings is 8. The molecule has 0 radical (unpaired) electrons. The third-order valence-electron chi connectivity index (χ3n) is 11.8. The van der Waals surface area contributed by atoms with E-state index in [9.17, 15) is 0 Å². The summed E-state index contributed by atoms with van der Waals surface area (Å²) in [6, 6.07) is 66.4. The molecule has 0 spiro atoms. The molecule has 2 aliphatic rings. The van der Waals surface area contributed by atoms with E-state index < -0.39 is 0 Å². The highest BCUT2D eigenvalue weighted by Crippen LogP contribution is 2.49. The van der Waals surface area contributed by atoms with Crippen LogP contribution in [0.1, 0.15) is 26.3 Å². The summed E-state index contributed by atoms with van der Waals surface area (Å²) in [6.07, 6.45) is 0. The molecular formula is C52H39BN2O. The average molecular weight is 719 g/mol. The van der Waals surface area contributed by atoms with Gasteiger partial charge in [0, 0.05) is 39.3 Å². The normalized spacial score (nSPS) is 13.0. The van der Waals surface area contributed by atoms with Crippen LogP contribution in [0.5, 0.6) is 11.5 Å². The van der Waals surface area contributed by atoms with Gasteiger partial charge in [0.05, 0.1) is 22.4 Å². The molecule has 0 saturated heterocycles. The fourth-order valence-electron chi connectivity index (χ4n) is 9.20. The van der Waals surface area contributed by atoms with Gasteiger partial charge in [0.2, 0.25) is 0 Å². The van der Waals surface area contributed by atoms with E-state index in [0.717, 1.165) is 28.6 Å². The highest BCUT2D eigenvalue weighted by atomic mass is 16.5. The number of nitrogens with zero attached hydrogens (tertiary/aromatic N) is 2. The molecule has 1 aromatic heterocycles. The first-order chi connectivity index (χ1) is 27.4. The topological polar surface area (TPSA) is 17.4 Å². The molecule has 0 saturated carbocycles. The summed E-state index contributed by atoms with van der Waals surface area (Å²) in [7, 11) is 0. The molecule has 8 aromatic carbocycles. The van der Waals surface area contributed by atoms with E-state index in [2.05, 4.69) is 212 Å². The van der Waals surface area contributed by atoms with E-state index in [-0.39, 0.29) is 12.1 Å². The van der Waals surface area contributed by atoms with Crippen molar-refractivity contribution in [3.05, 3.63) is 188 Å². The fraction of sp³-hybridized carbons (Fsp3) is 0.0769. The van der Waals surface area contributed by atoms with Gasteiger partial charge in [-0.25, -0.2) is 0 Å². The van der Waals surface area contributed by atoms with Gasteiger partial charge in [0.15, 0.2) is 0 Å². The van der Waals surface area contributed by atoms with Crippen molar-refractivity contribution in [1.82, 2.24) is 4.57 Å². The van der Waals surface area contributed by atoms with Gasteiger partial charge < -0.3 is 14.2 Å². The number of para-hydroxylation sites is 4. The second kappa shape index (κ2) is 12.4. The molecule has 3 nitrogen and oxygen atoms in total. The molecule has 0 amide bonds. The molecule has 266 valence electrons. The summed E-state index contributed by atoms with van der Waals surface area (Å²) in [5, 5.41) is 2.50. The highest BCUT2D eigenvalue weighted by molar-refractivity contribution is 6.99. The molecular weight excluding hydrogens is 679 g/mol. The second-order valence-electron chi connectivity index (χ2n) is 16.1. The number of anilines is 3. The summed E-state index contributed by atoms with van der Waals surface area (Å²) < 4.78 is 9.48. The number of hydrogen-bond acceptors (Lipinski definition) is 2. The van der Waals surface area contributed by atoms with E-state index in [1.807, 2.05) is 0 Å². The Hall–Kier alpha value is -6.78. The molecule has 0 aliphatic carbocycles. The first-order valence-corrected chi connectivity index (χ1v) is 19.6. The van der Waals surface area contributed by atoms with Crippen molar-refractivity contribution < 1.29 is 4.74 Å². The van der Waals surface area contributed by atoms with Crippen LogP contribution < -0.4 is 26.0 Å². The summed E-state index contributed by atoms with van der Waals surface area (Å²) in [4.78, 5) is 2.53. The molecule has 0 atom stereocenters. The molecule has 56 heavy (non-hydrogen) atoms. The molecule has 4 heteroatoms. The van der Waals surface area contributed by atoms with Crippen molar-refractivity contribution in [2.45, 2.75) is 26.2 Å². The molecule has 9 aromatic rings. The number of ether oxygens (including phenoxy) is 1. The Morgan fingerprint density at radius 3 is 1.84 bits per heavy atom. The van der Waals surface area contributed by atoms with Crippen LogP contribution in [0.4, 0.5) is 17.1 Å². The third-order valence-corrected chi connectivity index (χ3v) is 11.8. The van der Waals surface area contributed by atoms with Crippen LogP contribution in [-0.4, -0.2) is 11.3 Å². The fourth-order valence-corrected chi connectivity index (χ4v) is 9.20. The number of fused-ring (bicyclic) bond motifs is 7. The van der Waals surface area contributed by atoms with Crippen LogP contribution in [0.25, 0.3) is 49.7 Å². The number of rotatable bonds is 4. The summed E-state index contributed by atoms with van der Waals surface area (Å²) in [5.74, 6) is 1.79. The van der Waals surface area contributed by atoms with Gasteiger partial charge in [-0.3, -0.25) is 0 Å². The van der Waals surface area contributed by atoms with Crippen LogP contribution in [0.3, 0.4) is 0 Å². The zero-order valence-corrected chi connectivity index (χ0v) is 31.7. The lowest BCUT2D eigenvalue weighted by Gasteiger charge is -2.41. The summed E-state index contributed by atoms with van der Waals surface area (Å²) in [5.41, 5.74) is 16.5. The Kier molecular flexibility index (Phi) is 7.21. The minimum absolute atomic E-state index is 0.00278. The third kappa shape index (κ3) is 4.92. The molecule has 3 heterocycles. The summed E-state index contributed by atoms with van der Waals surface area (Å²) >= 11 is 0. The minimum atomic E-state index is 0.00278. The van der Waals surface area contributed by atoms with Crippen LogP contribution in [0.15, 0.2) is 182 Å². The van der Waals surface area contributed by atoms with Crippen LogP contribution in [0, 0.1) is 0 Å². The Morgan fingerprint density at radius 1 is 0.482 bits per heavy atom. The Morgan fingerprint density at radius 2 is 1.11 bits per heavy atom. The van der Waals surface area contributed by atoms with Gasteiger partial charge >= 0.3 is 0 Å². The predicted octanol–water partition coefficient (Wildman–Crippen LogP) is 11.8. The Bertz CT molecular complexity index is 2940. The molecule has 2 aliphatic heterocycles. The molecule has 0 bridgehead atoms. The lowest BCUT2D eigenvalue weighted by Crippen LogP contribution is -2.59. The van der Waals surface area contributed by atoms with Crippen LogP contribution in [-0.2, 0) is 5.41 Å². The quantitative estimate of drug-likeness (QED) is 0.169. The highest BCUT2D eigenvalue weighted by Gasteiger charge is 2.43. The van der Waals surface area contributed by atoms with Gasteiger partial charge in [-0.1, -0.05) is 160 Å². The van der Waals surface area contributed by atoms with E-state index in [4.69, 9.17) is 4.74 Å². The van der Waals surface area contributed by atoms with E-state index in [1.165, 1.54) is 71.7 Å². The number of hydrogen-bond donors (Lipinski definition) is 0. The van der Waals surface area contributed by atoms with Gasteiger partial charge in [-0.2, -0.15) is 0 Å². The monoisotopic (exact) mass is 718 g/mol. The van der Waals surface area contributed by atoms with Gasteiger partial charge in [0.25, 0.3) is 6.71 Å². The van der Waals surface area contributed by atoms with Gasteiger partial charge in [0.1, 0.15) is 11.5 Å². The minimum Gasteiger partial charge on any atom is -0.458 e. The first-order valence-electron chi connectivity index (χ1n) is 19.6. The summed E-state index contributed by atoms with van der Waals surface area (Å²) in [6.45, 7) is 6.87. The average Bonchev–Trinajstić information content (AvgIpc) is 3.57. The Labute approximate surface area is 328 Å². The van der Waals surface area contributed by atoms with E-state index >= 15 is 0 Å². The lowest BCUT2D eigenvalue weighted by atomic mass is 9.34. The maximum Gasteiger partial charge on any atom is 0.256 e. The maximum atomic E-state index is 7.04. The van der Waals surface area contributed by atoms with Crippen molar-refractivity contribution in [3.8, 4) is 39.4 Å². The van der Waals surface area contributed by atoms with Crippen molar-refractivity contribution in [1.29, 1.82) is 0 Å².